The molecule has 0 aliphatic heterocycles. The number of hydrogen-bond donors (Lipinski definition) is 3. The number of aryl methyl sites for hydroxylation is 1. The van der Waals surface area contributed by atoms with Crippen LogP contribution < -0.4 is 15.4 Å². The number of ether oxygens (including phenoxy) is 1. The standard InChI is InChI=1S/C13H13N3O4S/c1-8-7-21-13(14-8)16-12(19)15-9-4-2-3-5-10(9)20-6-11(17)18/h2-5,7H,6H2,1H3,(H,17,18)(H2,14,15,16,19). The van der Waals surface area contributed by atoms with Gasteiger partial charge in [0.1, 0.15) is 5.75 Å². The van der Waals surface area contributed by atoms with Crippen molar-refractivity contribution in [3.8, 4) is 5.75 Å². The van der Waals surface area contributed by atoms with Gasteiger partial charge < -0.3 is 15.2 Å². The Labute approximate surface area is 124 Å². The minimum atomic E-state index is -1.09. The van der Waals surface area contributed by atoms with Gasteiger partial charge in [-0.05, 0) is 19.1 Å². The Hall–Kier alpha value is -2.61. The fraction of sp³-hybridized carbons (Fsp3) is 0.154. The van der Waals surface area contributed by atoms with Gasteiger partial charge in [-0.3, -0.25) is 5.32 Å². The van der Waals surface area contributed by atoms with E-state index in [9.17, 15) is 9.59 Å². The van der Waals surface area contributed by atoms with E-state index in [0.717, 1.165) is 5.69 Å². The summed E-state index contributed by atoms with van der Waals surface area (Å²) < 4.78 is 5.10. The number of nitrogens with one attached hydrogen (secondary N) is 2. The Balaban J connectivity index is 2.01. The molecule has 1 aromatic carbocycles. The Morgan fingerprint density at radius 1 is 1.33 bits per heavy atom. The first kappa shape index (κ1) is 14.8. The largest absolute Gasteiger partial charge is 0.480 e. The van der Waals surface area contributed by atoms with Crippen LogP contribution in [0.5, 0.6) is 5.75 Å². The van der Waals surface area contributed by atoms with Gasteiger partial charge in [0.2, 0.25) is 0 Å². The number of rotatable bonds is 5. The molecule has 7 nitrogen and oxygen atoms in total. The number of benzene rings is 1. The SMILES string of the molecule is Cc1csc(NC(=O)Nc2ccccc2OCC(=O)O)n1. The van der Waals surface area contributed by atoms with E-state index in [1.807, 2.05) is 12.3 Å². The number of nitrogens with zero attached hydrogens (tertiary/aromatic N) is 1. The predicted molar refractivity (Wildman–Crippen MR) is 79.1 cm³/mol. The molecule has 0 unspecified atom stereocenters. The van der Waals surface area contributed by atoms with Gasteiger partial charge >= 0.3 is 12.0 Å². The van der Waals surface area contributed by atoms with Crippen molar-refractivity contribution < 1.29 is 19.4 Å². The topological polar surface area (TPSA) is 101 Å². The molecule has 0 radical (unpaired) electrons. The first-order valence-corrected chi connectivity index (χ1v) is 6.86. The molecule has 2 amide bonds. The second kappa shape index (κ2) is 6.71. The maximum atomic E-state index is 11.9. The molecule has 0 aliphatic carbocycles. The van der Waals surface area contributed by atoms with Crippen LogP contribution in [0.3, 0.4) is 0 Å². The summed E-state index contributed by atoms with van der Waals surface area (Å²) in [6, 6.07) is 6.10. The molecule has 1 aromatic heterocycles. The summed E-state index contributed by atoms with van der Waals surface area (Å²) in [7, 11) is 0. The zero-order valence-corrected chi connectivity index (χ0v) is 11.9. The zero-order valence-electron chi connectivity index (χ0n) is 11.1. The van der Waals surface area contributed by atoms with Crippen molar-refractivity contribution in [2.75, 3.05) is 17.2 Å². The fourth-order valence-electron chi connectivity index (χ4n) is 1.50. The number of carboxylic acid groups (broad SMARTS) is 1. The minimum absolute atomic E-state index is 0.283. The number of amides is 2. The quantitative estimate of drug-likeness (QED) is 0.788. The van der Waals surface area contributed by atoms with E-state index in [4.69, 9.17) is 9.84 Å². The third-order valence-electron chi connectivity index (χ3n) is 2.33. The van der Waals surface area contributed by atoms with Crippen LogP contribution in [0, 0.1) is 6.92 Å². The summed E-state index contributed by atoms with van der Waals surface area (Å²) >= 11 is 1.31. The summed E-state index contributed by atoms with van der Waals surface area (Å²) in [5, 5.41) is 16.1. The molecule has 0 fully saturated rings. The number of urea groups is 1. The van der Waals surface area contributed by atoms with Gasteiger partial charge in [-0.15, -0.1) is 11.3 Å². The lowest BCUT2D eigenvalue weighted by Gasteiger charge is -2.11. The molecular formula is C13H13N3O4S. The summed E-state index contributed by atoms with van der Waals surface area (Å²) in [6.45, 7) is 1.35. The Morgan fingerprint density at radius 2 is 2.10 bits per heavy atom. The van der Waals surface area contributed by atoms with Crippen molar-refractivity contribution >= 4 is 34.2 Å². The molecule has 1 heterocycles. The number of carboxylic acids is 1. The summed E-state index contributed by atoms with van der Waals surface area (Å²) in [5.74, 6) is -0.808. The number of thiazole rings is 1. The number of aliphatic carboxylic acids is 1. The van der Waals surface area contributed by atoms with Gasteiger partial charge in [0, 0.05) is 5.38 Å². The van der Waals surface area contributed by atoms with E-state index in [2.05, 4.69) is 15.6 Å². The van der Waals surface area contributed by atoms with Crippen molar-refractivity contribution in [1.29, 1.82) is 0 Å². The number of anilines is 2. The van der Waals surface area contributed by atoms with Crippen molar-refractivity contribution in [2.45, 2.75) is 6.92 Å². The van der Waals surface area contributed by atoms with Crippen molar-refractivity contribution in [1.82, 2.24) is 4.98 Å². The van der Waals surface area contributed by atoms with Crippen LogP contribution in [0.4, 0.5) is 15.6 Å². The van der Waals surface area contributed by atoms with E-state index >= 15 is 0 Å². The van der Waals surface area contributed by atoms with Gasteiger partial charge in [-0.1, -0.05) is 12.1 Å². The third kappa shape index (κ3) is 4.46. The Bertz CT molecular complexity index is 656. The fourth-order valence-corrected chi connectivity index (χ4v) is 2.18. The molecule has 3 N–H and O–H groups in total. The molecule has 2 aromatic rings. The van der Waals surface area contributed by atoms with E-state index in [1.165, 1.54) is 11.3 Å². The number of hydrogen-bond acceptors (Lipinski definition) is 5. The van der Waals surface area contributed by atoms with Gasteiger partial charge in [-0.2, -0.15) is 0 Å². The first-order chi connectivity index (χ1) is 10.0. The maximum absolute atomic E-state index is 11.9. The lowest BCUT2D eigenvalue weighted by Crippen LogP contribution is -2.20. The average molecular weight is 307 g/mol. The number of carbonyl (C=O) groups is 2. The molecule has 0 bridgehead atoms. The first-order valence-electron chi connectivity index (χ1n) is 5.98. The maximum Gasteiger partial charge on any atom is 0.341 e. The summed E-state index contributed by atoms with van der Waals surface area (Å²) in [6.07, 6.45) is 0. The van der Waals surface area contributed by atoms with E-state index in [-0.39, 0.29) is 5.75 Å². The van der Waals surface area contributed by atoms with Crippen molar-refractivity contribution in [3.05, 3.63) is 35.3 Å². The molecule has 0 saturated carbocycles. The zero-order chi connectivity index (χ0) is 15.2. The van der Waals surface area contributed by atoms with E-state index in [0.29, 0.717) is 10.8 Å². The highest BCUT2D eigenvalue weighted by atomic mass is 32.1. The van der Waals surface area contributed by atoms with Crippen LogP contribution in [0.25, 0.3) is 0 Å². The molecule has 0 aliphatic rings. The highest BCUT2D eigenvalue weighted by Gasteiger charge is 2.10. The van der Waals surface area contributed by atoms with Gasteiger partial charge in [0.15, 0.2) is 11.7 Å². The molecule has 110 valence electrons. The van der Waals surface area contributed by atoms with Gasteiger partial charge in [-0.25, -0.2) is 14.6 Å². The van der Waals surface area contributed by atoms with E-state index < -0.39 is 18.6 Å². The second-order valence-electron chi connectivity index (χ2n) is 4.05. The Morgan fingerprint density at radius 3 is 2.76 bits per heavy atom. The minimum Gasteiger partial charge on any atom is -0.480 e. The number of carbonyl (C=O) groups excluding carboxylic acids is 1. The highest BCUT2D eigenvalue weighted by molar-refractivity contribution is 7.13. The van der Waals surface area contributed by atoms with Crippen LogP contribution in [0.15, 0.2) is 29.6 Å². The number of para-hydroxylation sites is 2. The monoisotopic (exact) mass is 307 g/mol. The van der Waals surface area contributed by atoms with Crippen LogP contribution in [-0.2, 0) is 4.79 Å². The second-order valence-corrected chi connectivity index (χ2v) is 4.91. The van der Waals surface area contributed by atoms with Crippen molar-refractivity contribution in [2.24, 2.45) is 0 Å². The van der Waals surface area contributed by atoms with Crippen LogP contribution in [-0.4, -0.2) is 28.7 Å². The normalized spacial score (nSPS) is 9.95. The van der Waals surface area contributed by atoms with Gasteiger partial charge in [0.05, 0.1) is 11.4 Å². The molecular weight excluding hydrogens is 294 g/mol. The summed E-state index contributed by atoms with van der Waals surface area (Å²) in [4.78, 5) is 26.5. The van der Waals surface area contributed by atoms with Gasteiger partial charge in [0.25, 0.3) is 0 Å². The lowest BCUT2D eigenvalue weighted by molar-refractivity contribution is -0.139. The molecule has 0 atom stereocenters. The van der Waals surface area contributed by atoms with Crippen LogP contribution in [0.1, 0.15) is 5.69 Å². The van der Waals surface area contributed by atoms with Crippen molar-refractivity contribution in [3.63, 3.8) is 0 Å². The Kier molecular flexibility index (Phi) is 4.72. The highest BCUT2D eigenvalue weighted by Crippen LogP contribution is 2.24. The predicted octanol–water partition coefficient (Wildman–Crippen LogP) is 2.56. The number of aromatic nitrogens is 1. The van der Waals surface area contributed by atoms with Crippen LogP contribution in [0.2, 0.25) is 0 Å². The van der Waals surface area contributed by atoms with Crippen LogP contribution >= 0.6 is 11.3 Å². The molecule has 8 heteroatoms. The molecule has 2 rings (SSSR count). The molecule has 21 heavy (non-hydrogen) atoms. The molecule has 0 spiro atoms. The van der Waals surface area contributed by atoms with E-state index in [1.54, 1.807) is 24.3 Å². The molecule has 0 saturated heterocycles. The average Bonchev–Trinajstić information content (AvgIpc) is 2.83. The lowest BCUT2D eigenvalue weighted by atomic mass is 10.3. The third-order valence-corrected chi connectivity index (χ3v) is 3.20. The summed E-state index contributed by atoms with van der Waals surface area (Å²) in [5.41, 5.74) is 1.20. The smallest absolute Gasteiger partial charge is 0.341 e.